The number of amides is 2. The first-order valence-electron chi connectivity index (χ1n) is 7.75. The summed E-state index contributed by atoms with van der Waals surface area (Å²) in [6.07, 6.45) is 2.88. The predicted molar refractivity (Wildman–Crippen MR) is 84.6 cm³/mol. The van der Waals surface area contributed by atoms with Crippen LogP contribution in [0.15, 0.2) is 24.3 Å². The van der Waals surface area contributed by atoms with Gasteiger partial charge in [-0.25, -0.2) is 0 Å². The molecule has 5 heteroatoms. The molecule has 2 rings (SSSR count). The Morgan fingerprint density at radius 1 is 1.45 bits per heavy atom. The zero-order valence-electron chi connectivity index (χ0n) is 13.2. The van der Waals surface area contributed by atoms with Crippen LogP contribution in [0.1, 0.15) is 49.0 Å². The van der Waals surface area contributed by atoms with Crippen molar-refractivity contribution >= 4 is 11.8 Å². The highest BCUT2D eigenvalue weighted by Gasteiger charge is 2.24. The SMILES string of the molecule is CC(C)(O)CCc1cccc(C(=O)N[C@@H]2CCCNC2=O)c1. The van der Waals surface area contributed by atoms with E-state index in [2.05, 4.69) is 10.6 Å². The molecule has 0 unspecified atom stereocenters. The van der Waals surface area contributed by atoms with Gasteiger partial charge in [0.25, 0.3) is 5.91 Å². The highest BCUT2D eigenvalue weighted by molar-refractivity contribution is 5.97. The zero-order chi connectivity index (χ0) is 16.2. The highest BCUT2D eigenvalue weighted by Crippen LogP contribution is 2.15. The van der Waals surface area contributed by atoms with Gasteiger partial charge in [0, 0.05) is 12.1 Å². The Balaban J connectivity index is 1.99. The number of aryl methyl sites for hydroxylation is 1. The zero-order valence-corrected chi connectivity index (χ0v) is 13.2. The van der Waals surface area contributed by atoms with E-state index in [4.69, 9.17) is 0 Å². The van der Waals surface area contributed by atoms with Crippen molar-refractivity contribution in [1.82, 2.24) is 10.6 Å². The number of nitrogens with one attached hydrogen (secondary N) is 2. The second-order valence-electron chi connectivity index (χ2n) is 6.47. The summed E-state index contributed by atoms with van der Waals surface area (Å²) < 4.78 is 0. The van der Waals surface area contributed by atoms with E-state index in [1.165, 1.54) is 0 Å². The third kappa shape index (κ3) is 4.84. The monoisotopic (exact) mass is 304 g/mol. The van der Waals surface area contributed by atoms with Crippen molar-refractivity contribution in [2.24, 2.45) is 0 Å². The lowest BCUT2D eigenvalue weighted by Gasteiger charge is -2.23. The van der Waals surface area contributed by atoms with Gasteiger partial charge in [0.05, 0.1) is 5.60 Å². The number of aliphatic hydroxyl groups is 1. The summed E-state index contributed by atoms with van der Waals surface area (Å²) in [7, 11) is 0. The maximum atomic E-state index is 12.3. The van der Waals surface area contributed by atoms with E-state index in [9.17, 15) is 14.7 Å². The summed E-state index contributed by atoms with van der Waals surface area (Å²) in [6, 6.07) is 6.89. The Morgan fingerprint density at radius 3 is 2.91 bits per heavy atom. The maximum absolute atomic E-state index is 12.3. The number of carbonyl (C=O) groups is 2. The fourth-order valence-electron chi connectivity index (χ4n) is 2.47. The van der Waals surface area contributed by atoms with E-state index in [0.717, 1.165) is 12.0 Å². The van der Waals surface area contributed by atoms with E-state index in [0.29, 0.717) is 31.4 Å². The number of hydrogen-bond donors (Lipinski definition) is 3. The summed E-state index contributed by atoms with van der Waals surface area (Å²) in [5, 5.41) is 15.3. The topological polar surface area (TPSA) is 78.4 Å². The molecule has 1 atom stereocenters. The van der Waals surface area contributed by atoms with Crippen LogP contribution in [-0.2, 0) is 11.2 Å². The molecule has 0 bridgehead atoms. The normalized spacial score (nSPS) is 18.7. The van der Waals surface area contributed by atoms with E-state index in [1.54, 1.807) is 19.9 Å². The molecular weight excluding hydrogens is 280 g/mol. The van der Waals surface area contributed by atoms with Crippen LogP contribution in [0, 0.1) is 0 Å². The molecule has 0 saturated carbocycles. The van der Waals surface area contributed by atoms with E-state index < -0.39 is 11.6 Å². The number of rotatable bonds is 5. The molecule has 5 nitrogen and oxygen atoms in total. The lowest BCUT2D eigenvalue weighted by Crippen LogP contribution is -2.50. The molecular formula is C17H24N2O3. The van der Waals surface area contributed by atoms with Crippen molar-refractivity contribution < 1.29 is 14.7 Å². The molecule has 2 amide bonds. The van der Waals surface area contributed by atoms with Crippen molar-refractivity contribution in [2.75, 3.05) is 6.54 Å². The first-order valence-corrected chi connectivity index (χ1v) is 7.75. The lowest BCUT2D eigenvalue weighted by molar-refractivity contribution is -0.124. The summed E-state index contributed by atoms with van der Waals surface area (Å²) >= 11 is 0. The van der Waals surface area contributed by atoms with Crippen LogP contribution < -0.4 is 10.6 Å². The average Bonchev–Trinajstić information content (AvgIpc) is 2.47. The fraction of sp³-hybridized carbons (Fsp3) is 0.529. The van der Waals surface area contributed by atoms with Gasteiger partial charge in [-0.2, -0.15) is 0 Å². The van der Waals surface area contributed by atoms with Crippen molar-refractivity contribution in [3.05, 3.63) is 35.4 Å². The number of carbonyl (C=O) groups excluding carboxylic acids is 2. The van der Waals surface area contributed by atoms with Crippen LogP contribution in [0.2, 0.25) is 0 Å². The predicted octanol–water partition coefficient (Wildman–Crippen LogP) is 1.40. The Kier molecular flexibility index (Phi) is 5.19. The van der Waals surface area contributed by atoms with Gasteiger partial charge in [-0.3, -0.25) is 9.59 Å². The molecule has 0 aromatic heterocycles. The average molecular weight is 304 g/mol. The molecule has 0 spiro atoms. The standard InChI is InChI=1S/C17H24N2O3/c1-17(2,22)9-8-12-5-3-6-13(11-12)15(20)19-14-7-4-10-18-16(14)21/h3,5-6,11,14,22H,4,7-10H2,1-2H3,(H,18,21)(H,19,20)/t14-/m1/s1. The molecule has 1 fully saturated rings. The molecule has 0 aliphatic carbocycles. The molecule has 1 heterocycles. The van der Waals surface area contributed by atoms with Gasteiger partial charge in [-0.15, -0.1) is 0 Å². The smallest absolute Gasteiger partial charge is 0.251 e. The van der Waals surface area contributed by atoms with Crippen LogP contribution in [-0.4, -0.2) is 35.1 Å². The third-order valence-electron chi connectivity index (χ3n) is 3.81. The van der Waals surface area contributed by atoms with Crippen molar-refractivity contribution in [3.63, 3.8) is 0 Å². The minimum atomic E-state index is -0.724. The number of piperidine rings is 1. The van der Waals surface area contributed by atoms with Gasteiger partial charge in [-0.05, 0) is 57.2 Å². The summed E-state index contributed by atoms with van der Waals surface area (Å²) in [5.41, 5.74) is 0.827. The summed E-state index contributed by atoms with van der Waals surface area (Å²) in [5.74, 6) is -0.343. The van der Waals surface area contributed by atoms with E-state index >= 15 is 0 Å². The Labute approximate surface area is 131 Å². The fourth-order valence-corrected chi connectivity index (χ4v) is 2.47. The van der Waals surface area contributed by atoms with Gasteiger partial charge in [0.2, 0.25) is 5.91 Å². The molecule has 22 heavy (non-hydrogen) atoms. The van der Waals surface area contributed by atoms with Crippen LogP contribution in [0.25, 0.3) is 0 Å². The molecule has 1 aliphatic rings. The van der Waals surface area contributed by atoms with E-state index in [1.807, 2.05) is 18.2 Å². The van der Waals surface area contributed by atoms with Crippen LogP contribution in [0.5, 0.6) is 0 Å². The number of hydrogen-bond acceptors (Lipinski definition) is 3. The highest BCUT2D eigenvalue weighted by atomic mass is 16.3. The molecule has 1 aliphatic heterocycles. The minimum absolute atomic E-state index is 0.113. The molecule has 1 aromatic rings. The van der Waals surface area contributed by atoms with Gasteiger partial charge in [-0.1, -0.05) is 12.1 Å². The van der Waals surface area contributed by atoms with Crippen molar-refractivity contribution in [1.29, 1.82) is 0 Å². The Hall–Kier alpha value is -1.88. The van der Waals surface area contributed by atoms with Crippen LogP contribution in [0.3, 0.4) is 0 Å². The third-order valence-corrected chi connectivity index (χ3v) is 3.81. The van der Waals surface area contributed by atoms with Gasteiger partial charge in [0.15, 0.2) is 0 Å². The largest absolute Gasteiger partial charge is 0.390 e. The van der Waals surface area contributed by atoms with Gasteiger partial charge < -0.3 is 15.7 Å². The van der Waals surface area contributed by atoms with Crippen molar-refractivity contribution in [2.45, 2.75) is 51.2 Å². The first-order chi connectivity index (χ1) is 10.3. The van der Waals surface area contributed by atoms with E-state index in [-0.39, 0.29) is 11.8 Å². The molecule has 0 radical (unpaired) electrons. The Bertz CT molecular complexity index is 549. The quantitative estimate of drug-likeness (QED) is 0.769. The summed E-state index contributed by atoms with van der Waals surface area (Å²) in [6.45, 7) is 4.22. The second-order valence-corrected chi connectivity index (χ2v) is 6.47. The number of benzene rings is 1. The summed E-state index contributed by atoms with van der Waals surface area (Å²) in [4.78, 5) is 24.0. The Morgan fingerprint density at radius 2 is 2.23 bits per heavy atom. The van der Waals surface area contributed by atoms with Gasteiger partial charge in [0.1, 0.15) is 6.04 Å². The molecule has 120 valence electrons. The maximum Gasteiger partial charge on any atom is 0.251 e. The molecule has 1 saturated heterocycles. The van der Waals surface area contributed by atoms with Gasteiger partial charge >= 0.3 is 0 Å². The molecule has 3 N–H and O–H groups in total. The second kappa shape index (κ2) is 6.92. The molecule has 1 aromatic carbocycles. The van der Waals surface area contributed by atoms with Crippen molar-refractivity contribution in [3.8, 4) is 0 Å². The lowest BCUT2D eigenvalue weighted by atomic mass is 9.97. The van der Waals surface area contributed by atoms with Crippen LogP contribution >= 0.6 is 0 Å². The van der Waals surface area contributed by atoms with Crippen LogP contribution in [0.4, 0.5) is 0 Å². The minimum Gasteiger partial charge on any atom is -0.390 e. The first kappa shape index (κ1) is 16.5.